The Morgan fingerprint density at radius 3 is 2.88 bits per heavy atom. The van der Waals surface area contributed by atoms with Crippen molar-refractivity contribution in [2.24, 2.45) is 0 Å². The number of hydrogen-bond donors (Lipinski definition) is 1. The number of carbonyl (C=O) groups excluding carboxylic acids is 1. The summed E-state index contributed by atoms with van der Waals surface area (Å²) >= 11 is 0. The quantitative estimate of drug-likeness (QED) is 0.775. The molecule has 0 atom stereocenters. The van der Waals surface area contributed by atoms with Gasteiger partial charge in [-0.05, 0) is 54.7 Å². The van der Waals surface area contributed by atoms with Crippen LogP contribution in [0.25, 0.3) is 10.9 Å². The van der Waals surface area contributed by atoms with Gasteiger partial charge in [-0.2, -0.15) is 0 Å². The lowest BCUT2D eigenvalue weighted by molar-refractivity contribution is 0.0736. The van der Waals surface area contributed by atoms with Crippen molar-refractivity contribution in [1.29, 1.82) is 0 Å². The molecule has 0 saturated carbocycles. The Bertz CT molecular complexity index is 1070. The topological polar surface area (TPSA) is 66.1 Å². The molecule has 2 aromatic heterocycles. The summed E-state index contributed by atoms with van der Waals surface area (Å²) in [6, 6.07) is 9.65. The Kier molecular flexibility index (Phi) is 4.07. The molecule has 1 aliphatic rings. The average molecular weight is 347 g/mol. The van der Waals surface area contributed by atoms with Crippen LogP contribution in [0.3, 0.4) is 0 Å². The molecule has 3 aromatic rings. The normalized spacial score (nSPS) is 13.7. The molecule has 5 nitrogen and oxygen atoms in total. The van der Waals surface area contributed by atoms with Gasteiger partial charge in [-0.15, -0.1) is 0 Å². The molecule has 0 bridgehead atoms. The summed E-state index contributed by atoms with van der Waals surface area (Å²) in [7, 11) is 0. The fourth-order valence-electron chi connectivity index (χ4n) is 3.61. The first-order valence-electron chi connectivity index (χ1n) is 8.95. The molecule has 1 N–H and O–H groups in total. The predicted octanol–water partition coefficient (Wildman–Crippen LogP) is 2.99. The molecule has 0 saturated heterocycles. The second-order valence-electron chi connectivity index (χ2n) is 6.84. The third-order valence-electron chi connectivity index (χ3n) is 5.05. The van der Waals surface area contributed by atoms with Crippen LogP contribution < -0.4 is 5.56 Å². The van der Waals surface area contributed by atoms with Crippen LogP contribution in [0.4, 0.5) is 0 Å². The Hall–Kier alpha value is -2.95. The molecule has 0 spiro atoms. The summed E-state index contributed by atoms with van der Waals surface area (Å²) in [6.07, 6.45) is 3.34. The van der Waals surface area contributed by atoms with Gasteiger partial charge < -0.3 is 9.88 Å². The van der Waals surface area contributed by atoms with Crippen LogP contribution >= 0.6 is 0 Å². The fourth-order valence-corrected chi connectivity index (χ4v) is 3.61. The molecule has 1 aliphatic heterocycles. The molecule has 5 heteroatoms. The average Bonchev–Trinajstić information content (AvgIpc) is 2.66. The number of aromatic amines is 1. The first-order chi connectivity index (χ1) is 12.5. The molecule has 4 rings (SSSR count). The molecule has 26 heavy (non-hydrogen) atoms. The van der Waals surface area contributed by atoms with Crippen molar-refractivity contribution in [1.82, 2.24) is 14.9 Å². The number of nitrogens with zero attached hydrogens (tertiary/aromatic N) is 2. The molecule has 1 amide bonds. The Labute approximate surface area is 151 Å². The summed E-state index contributed by atoms with van der Waals surface area (Å²) in [5.41, 5.74) is 5.54. The maximum Gasteiger partial charge on any atom is 0.254 e. The van der Waals surface area contributed by atoms with Gasteiger partial charge in [0.15, 0.2) is 0 Å². The van der Waals surface area contributed by atoms with Crippen LogP contribution in [-0.2, 0) is 19.4 Å². The molecule has 0 fully saturated rings. The van der Waals surface area contributed by atoms with Gasteiger partial charge >= 0.3 is 0 Å². The van der Waals surface area contributed by atoms with Crippen molar-refractivity contribution >= 4 is 16.8 Å². The number of fused-ring (bicyclic) bond motifs is 2. The number of pyridine rings is 2. The van der Waals surface area contributed by atoms with Crippen LogP contribution in [-0.4, -0.2) is 27.3 Å². The number of benzene rings is 1. The maximum absolute atomic E-state index is 13.3. The van der Waals surface area contributed by atoms with Crippen LogP contribution in [0.2, 0.25) is 0 Å². The van der Waals surface area contributed by atoms with E-state index >= 15 is 0 Å². The van der Waals surface area contributed by atoms with E-state index in [4.69, 9.17) is 0 Å². The van der Waals surface area contributed by atoms with Crippen LogP contribution in [0.15, 0.2) is 41.3 Å². The zero-order valence-electron chi connectivity index (χ0n) is 15.0. The number of nitrogens with one attached hydrogen (secondary N) is 1. The second kappa shape index (κ2) is 6.41. The van der Waals surface area contributed by atoms with Crippen molar-refractivity contribution in [2.45, 2.75) is 33.2 Å². The highest BCUT2D eigenvalue weighted by atomic mass is 16.2. The van der Waals surface area contributed by atoms with E-state index in [1.807, 2.05) is 24.0 Å². The predicted molar refractivity (Wildman–Crippen MR) is 101 cm³/mol. The summed E-state index contributed by atoms with van der Waals surface area (Å²) in [5, 5.41) is 0.909. The lowest BCUT2D eigenvalue weighted by Gasteiger charge is -2.29. The van der Waals surface area contributed by atoms with Crippen LogP contribution in [0.1, 0.15) is 39.7 Å². The molecule has 0 radical (unpaired) electrons. The minimum atomic E-state index is -0.0913. The van der Waals surface area contributed by atoms with E-state index in [1.54, 1.807) is 12.3 Å². The lowest BCUT2D eigenvalue weighted by Crippen LogP contribution is -2.36. The van der Waals surface area contributed by atoms with Crippen molar-refractivity contribution in [3.8, 4) is 0 Å². The minimum absolute atomic E-state index is 0.0191. The van der Waals surface area contributed by atoms with Gasteiger partial charge in [0, 0.05) is 36.4 Å². The van der Waals surface area contributed by atoms with Gasteiger partial charge in [0.1, 0.15) is 0 Å². The molecule has 3 heterocycles. The largest absolute Gasteiger partial charge is 0.334 e. The van der Waals surface area contributed by atoms with Crippen LogP contribution in [0, 0.1) is 6.92 Å². The fraction of sp³-hybridized carbons (Fsp3) is 0.286. The van der Waals surface area contributed by atoms with E-state index in [9.17, 15) is 9.59 Å². The number of carbonyl (C=O) groups is 1. The maximum atomic E-state index is 13.3. The number of H-pyrrole nitrogens is 1. The van der Waals surface area contributed by atoms with E-state index in [0.29, 0.717) is 25.1 Å². The number of aryl methyl sites for hydroxylation is 2. The zero-order chi connectivity index (χ0) is 18.3. The Morgan fingerprint density at radius 2 is 2.08 bits per heavy atom. The Balaban J connectivity index is 1.74. The highest BCUT2D eigenvalue weighted by molar-refractivity contribution is 6.06. The third kappa shape index (κ3) is 2.90. The summed E-state index contributed by atoms with van der Waals surface area (Å²) in [6.45, 7) is 5.15. The Morgan fingerprint density at radius 1 is 1.23 bits per heavy atom. The molecule has 0 aliphatic carbocycles. The van der Waals surface area contributed by atoms with E-state index < -0.39 is 0 Å². The SMILES string of the molecule is CCc1ccc2nc(C)cc(C(=O)N3CCc4cc(=O)[nH]cc4C3)c2c1. The number of amides is 1. The summed E-state index contributed by atoms with van der Waals surface area (Å²) < 4.78 is 0. The van der Waals surface area contributed by atoms with Gasteiger partial charge in [0.2, 0.25) is 5.56 Å². The van der Waals surface area contributed by atoms with E-state index in [2.05, 4.69) is 29.0 Å². The molecule has 0 unspecified atom stereocenters. The molecular weight excluding hydrogens is 326 g/mol. The number of aromatic nitrogens is 2. The first kappa shape index (κ1) is 16.5. The van der Waals surface area contributed by atoms with Gasteiger partial charge in [0.05, 0.1) is 11.1 Å². The van der Waals surface area contributed by atoms with Gasteiger partial charge in [-0.25, -0.2) is 0 Å². The van der Waals surface area contributed by atoms with E-state index in [-0.39, 0.29) is 11.5 Å². The third-order valence-corrected chi connectivity index (χ3v) is 5.05. The standard InChI is InChI=1S/C21H21N3O2/c1-3-14-4-5-19-17(9-14)18(8-13(2)23-19)21(26)24-7-6-15-10-20(25)22-11-16(15)12-24/h4-5,8-11H,3,6-7,12H2,1-2H3,(H,22,25). The van der Waals surface area contributed by atoms with E-state index in [0.717, 1.165) is 34.1 Å². The second-order valence-corrected chi connectivity index (χ2v) is 6.84. The highest BCUT2D eigenvalue weighted by Gasteiger charge is 2.24. The van der Waals surface area contributed by atoms with Crippen molar-refractivity contribution < 1.29 is 4.79 Å². The highest BCUT2D eigenvalue weighted by Crippen LogP contribution is 2.24. The number of hydrogen-bond acceptors (Lipinski definition) is 3. The minimum Gasteiger partial charge on any atom is -0.334 e. The van der Waals surface area contributed by atoms with E-state index in [1.165, 1.54) is 5.56 Å². The van der Waals surface area contributed by atoms with Gasteiger partial charge in [-0.1, -0.05) is 13.0 Å². The van der Waals surface area contributed by atoms with Gasteiger partial charge in [0.25, 0.3) is 5.91 Å². The van der Waals surface area contributed by atoms with Crippen molar-refractivity contribution in [2.75, 3.05) is 6.54 Å². The van der Waals surface area contributed by atoms with Crippen molar-refractivity contribution in [3.05, 3.63) is 74.8 Å². The summed E-state index contributed by atoms with van der Waals surface area (Å²) in [4.78, 5) is 33.9. The monoisotopic (exact) mass is 347 g/mol. The smallest absolute Gasteiger partial charge is 0.254 e. The zero-order valence-corrected chi connectivity index (χ0v) is 15.0. The van der Waals surface area contributed by atoms with Crippen LogP contribution in [0.5, 0.6) is 0 Å². The number of rotatable bonds is 2. The first-order valence-corrected chi connectivity index (χ1v) is 8.95. The van der Waals surface area contributed by atoms with Gasteiger partial charge in [-0.3, -0.25) is 14.6 Å². The molecule has 132 valence electrons. The lowest BCUT2D eigenvalue weighted by atomic mass is 9.99. The summed E-state index contributed by atoms with van der Waals surface area (Å²) in [5.74, 6) is 0.0191. The van der Waals surface area contributed by atoms with Crippen molar-refractivity contribution in [3.63, 3.8) is 0 Å². The molecular formula is C21H21N3O2. The molecule has 1 aromatic carbocycles.